The number of benzene rings is 1. The Morgan fingerprint density at radius 3 is 2.60 bits per heavy atom. The smallest absolute Gasteiger partial charge is 0.225 e. The number of nitrogens with one attached hydrogen (secondary N) is 2. The van der Waals surface area contributed by atoms with Gasteiger partial charge in [-0.15, -0.1) is 0 Å². The third kappa shape index (κ3) is 4.64. The normalized spacial score (nSPS) is 11.8. The SMILES string of the molecule is C[C@H](CO)Nc1nc(Nc2ccccc2I)cc(-c2ccccn2)n1. The molecule has 0 aliphatic carbocycles. The molecule has 2 aromatic heterocycles. The summed E-state index contributed by atoms with van der Waals surface area (Å²) >= 11 is 2.28. The van der Waals surface area contributed by atoms with Gasteiger partial charge in [-0.2, -0.15) is 4.98 Å². The van der Waals surface area contributed by atoms with Crippen LogP contribution in [0.4, 0.5) is 17.5 Å². The monoisotopic (exact) mass is 447 g/mol. The van der Waals surface area contributed by atoms with Crippen LogP contribution < -0.4 is 10.6 Å². The molecule has 1 aromatic carbocycles. The fourth-order valence-electron chi connectivity index (χ4n) is 2.19. The first-order valence-electron chi connectivity index (χ1n) is 7.85. The zero-order valence-corrected chi connectivity index (χ0v) is 15.8. The van der Waals surface area contributed by atoms with Crippen molar-refractivity contribution in [3.05, 3.63) is 58.3 Å². The Morgan fingerprint density at radius 2 is 1.88 bits per heavy atom. The minimum absolute atomic E-state index is 0.00345. The van der Waals surface area contributed by atoms with Crippen LogP contribution in [0.3, 0.4) is 0 Å². The first-order chi connectivity index (χ1) is 12.2. The van der Waals surface area contributed by atoms with Crippen LogP contribution in [0, 0.1) is 3.57 Å². The molecule has 3 N–H and O–H groups in total. The number of para-hydroxylation sites is 1. The molecule has 25 heavy (non-hydrogen) atoms. The molecule has 0 spiro atoms. The number of aliphatic hydroxyl groups is 1. The van der Waals surface area contributed by atoms with E-state index < -0.39 is 0 Å². The highest BCUT2D eigenvalue weighted by Gasteiger charge is 2.10. The zero-order chi connectivity index (χ0) is 17.6. The Kier molecular flexibility index (Phi) is 5.77. The van der Waals surface area contributed by atoms with Gasteiger partial charge in [-0.05, 0) is 53.8 Å². The Balaban J connectivity index is 1.99. The summed E-state index contributed by atoms with van der Waals surface area (Å²) in [5, 5.41) is 15.7. The molecule has 7 heteroatoms. The fraction of sp³-hybridized carbons (Fsp3) is 0.167. The van der Waals surface area contributed by atoms with Gasteiger partial charge in [0.1, 0.15) is 5.82 Å². The predicted octanol–water partition coefficient (Wildman–Crippen LogP) is 3.68. The number of hydrogen-bond donors (Lipinski definition) is 3. The molecule has 128 valence electrons. The quantitative estimate of drug-likeness (QED) is 0.501. The molecule has 0 unspecified atom stereocenters. The lowest BCUT2D eigenvalue weighted by molar-refractivity contribution is 0.281. The van der Waals surface area contributed by atoms with Gasteiger partial charge in [0.2, 0.25) is 5.95 Å². The lowest BCUT2D eigenvalue weighted by Crippen LogP contribution is -2.21. The fourth-order valence-corrected chi connectivity index (χ4v) is 2.71. The van der Waals surface area contributed by atoms with Crippen molar-refractivity contribution in [1.29, 1.82) is 0 Å². The summed E-state index contributed by atoms with van der Waals surface area (Å²) in [5.41, 5.74) is 2.43. The molecular formula is C18H18IN5O. The maximum atomic E-state index is 9.28. The van der Waals surface area contributed by atoms with Crippen molar-refractivity contribution in [2.45, 2.75) is 13.0 Å². The van der Waals surface area contributed by atoms with Gasteiger partial charge in [-0.1, -0.05) is 18.2 Å². The number of halogens is 1. The van der Waals surface area contributed by atoms with Gasteiger partial charge in [-0.25, -0.2) is 4.98 Å². The highest BCUT2D eigenvalue weighted by Crippen LogP contribution is 2.25. The molecule has 0 radical (unpaired) electrons. The van der Waals surface area contributed by atoms with E-state index in [0.29, 0.717) is 17.5 Å². The van der Waals surface area contributed by atoms with E-state index in [-0.39, 0.29) is 12.6 Å². The van der Waals surface area contributed by atoms with Crippen LogP contribution in [0.2, 0.25) is 0 Å². The van der Waals surface area contributed by atoms with E-state index in [1.165, 1.54) is 0 Å². The molecule has 0 bridgehead atoms. The first kappa shape index (κ1) is 17.6. The third-order valence-electron chi connectivity index (χ3n) is 3.44. The van der Waals surface area contributed by atoms with Crippen LogP contribution in [0.1, 0.15) is 6.92 Å². The number of hydrogen-bond acceptors (Lipinski definition) is 6. The largest absolute Gasteiger partial charge is 0.394 e. The summed E-state index contributed by atoms with van der Waals surface area (Å²) in [5.74, 6) is 1.10. The van der Waals surface area contributed by atoms with Crippen LogP contribution in [0.15, 0.2) is 54.7 Å². The number of pyridine rings is 1. The second-order valence-electron chi connectivity index (χ2n) is 5.51. The van der Waals surface area contributed by atoms with E-state index in [1.807, 2.05) is 55.5 Å². The van der Waals surface area contributed by atoms with Gasteiger partial charge in [0.15, 0.2) is 0 Å². The summed E-state index contributed by atoms with van der Waals surface area (Å²) in [7, 11) is 0. The number of aliphatic hydroxyl groups excluding tert-OH is 1. The van der Waals surface area contributed by atoms with Crippen LogP contribution in [-0.2, 0) is 0 Å². The summed E-state index contributed by atoms with van der Waals surface area (Å²) in [6.07, 6.45) is 1.73. The average molecular weight is 447 g/mol. The van der Waals surface area contributed by atoms with E-state index in [4.69, 9.17) is 0 Å². The number of rotatable bonds is 6. The molecule has 0 amide bonds. The minimum Gasteiger partial charge on any atom is -0.394 e. The summed E-state index contributed by atoms with van der Waals surface area (Å²) in [4.78, 5) is 13.4. The Hall–Kier alpha value is -2.26. The summed E-state index contributed by atoms with van der Waals surface area (Å²) in [6.45, 7) is 1.86. The van der Waals surface area contributed by atoms with Crippen LogP contribution in [-0.4, -0.2) is 32.7 Å². The summed E-state index contributed by atoms with van der Waals surface area (Å²) < 4.78 is 1.09. The predicted molar refractivity (Wildman–Crippen MR) is 108 cm³/mol. The van der Waals surface area contributed by atoms with E-state index >= 15 is 0 Å². The average Bonchev–Trinajstić information content (AvgIpc) is 2.64. The van der Waals surface area contributed by atoms with Crippen LogP contribution in [0.5, 0.6) is 0 Å². The molecule has 0 saturated heterocycles. The zero-order valence-electron chi connectivity index (χ0n) is 13.6. The Labute approximate surface area is 159 Å². The molecule has 6 nitrogen and oxygen atoms in total. The highest BCUT2D eigenvalue weighted by molar-refractivity contribution is 14.1. The molecular weight excluding hydrogens is 429 g/mol. The van der Waals surface area contributed by atoms with Crippen molar-refractivity contribution < 1.29 is 5.11 Å². The van der Waals surface area contributed by atoms with Crippen molar-refractivity contribution in [3.8, 4) is 11.4 Å². The van der Waals surface area contributed by atoms with Crippen LogP contribution >= 0.6 is 22.6 Å². The van der Waals surface area contributed by atoms with E-state index in [9.17, 15) is 5.11 Å². The van der Waals surface area contributed by atoms with Gasteiger partial charge < -0.3 is 15.7 Å². The molecule has 0 fully saturated rings. The van der Waals surface area contributed by atoms with E-state index in [1.54, 1.807) is 6.20 Å². The maximum Gasteiger partial charge on any atom is 0.225 e. The van der Waals surface area contributed by atoms with Crippen molar-refractivity contribution in [3.63, 3.8) is 0 Å². The molecule has 0 saturated carbocycles. The van der Waals surface area contributed by atoms with E-state index in [2.05, 4.69) is 48.2 Å². The molecule has 3 aromatic rings. The van der Waals surface area contributed by atoms with Gasteiger partial charge in [0.05, 0.1) is 23.7 Å². The van der Waals surface area contributed by atoms with Gasteiger partial charge in [-0.3, -0.25) is 4.98 Å². The lowest BCUT2D eigenvalue weighted by atomic mass is 10.2. The van der Waals surface area contributed by atoms with Gasteiger partial charge in [0.25, 0.3) is 0 Å². The highest BCUT2D eigenvalue weighted by atomic mass is 127. The summed E-state index contributed by atoms with van der Waals surface area (Å²) in [6, 6.07) is 15.4. The van der Waals surface area contributed by atoms with Gasteiger partial charge in [0, 0.05) is 21.9 Å². The standard InChI is InChI=1S/C18H18IN5O/c1-12(11-25)21-18-23-16(15-8-4-5-9-20-15)10-17(24-18)22-14-7-3-2-6-13(14)19/h2-10,12,25H,11H2,1H3,(H2,21,22,23,24)/t12-/m1/s1. The van der Waals surface area contributed by atoms with Gasteiger partial charge >= 0.3 is 0 Å². The minimum atomic E-state index is -0.149. The second-order valence-corrected chi connectivity index (χ2v) is 6.67. The number of anilines is 3. The molecule has 3 rings (SSSR count). The topological polar surface area (TPSA) is 83.0 Å². The Morgan fingerprint density at radius 1 is 1.08 bits per heavy atom. The maximum absolute atomic E-state index is 9.28. The number of aromatic nitrogens is 3. The molecule has 2 heterocycles. The lowest BCUT2D eigenvalue weighted by Gasteiger charge is -2.14. The second kappa shape index (κ2) is 8.21. The first-order valence-corrected chi connectivity index (χ1v) is 8.93. The number of nitrogens with zero attached hydrogens (tertiary/aromatic N) is 3. The van der Waals surface area contributed by atoms with Crippen molar-refractivity contribution in [2.24, 2.45) is 0 Å². The molecule has 0 aliphatic rings. The molecule has 0 aliphatic heterocycles. The van der Waals surface area contributed by atoms with Crippen molar-refractivity contribution in [1.82, 2.24) is 15.0 Å². The molecule has 1 atom stereocenters. The third-order valence-corrected chi connectivity index (χ3v) is 4.38. The van der Waals surface area contributed by atoms with Crippen molar-refractivity contribution in [2.75, 3.05) is 17.2 Å². The van der Waals surface area contributed by atoms with E-state index in [0.717, 1.165) is 15.0 Å². The van der Waals surface area contributed by atoms with Crippen molar-refractivity contribution >= 4 is 40.0 Å². The van der Waals surface area contributed by atoms with Crippen LogP contribution in [0.25, 0.3) is 11.4 Å². The Bertz CT molecular complexity index is 844.